The van der Waals surface area contributed by atoms with E-state index in [-0.39, 0.29) is 28.6 Å². The number of methoxy groups -OCH3 is 1. The van der Waals surface area contributed by atoms with E-state index in [2.05, 4.69) is 24.1 Å². The van der Waals surface area contributed by atoms with Gasteiger partial charge in [0.2, 0.25) is 0 Å². The number of fused-ring (bicyclic) bond motifs is 2. The fourth-order valence-electron chi connectivity index (χ4n) is 8.81. The number of aliphatic hydroxyl groups is 1. The van der Waals surface area contributed by atoms with Crippen LogP contribution in [0.4, 0.5) is 0 Å². The zero-order valence-corrected chi connectivity index (χ0v) is 22.8. The number of ether oxygens (including phenoxy) is 2. The molecule has 2 unspecified atom stereocenters. The largest absolute Gasteiger partial charge is 0.493 e. The Hall–Kier alpha value is -1.94. The first kappa shape index (κ1) is 25.3. The highest BCUT2D eigenvalue weighted by Crippen LogP contribution is 2.64. The molecular weight excluding hydrogens is 494 g/mol. The van der Waals surface area contributed by atoms with E-state index in [1.165, 1.54) is 11.1 Å². The molecule has 8 nitrogen and oxygen atoms in total. The van der Waals surface area contributed by atoms with Crippen LogP contribution in [0, 0.1) is 22.7 Å². The average Bonchev–Trinajstić information content (AvgIpc) is 3.36. The molecule has 1 aromatic rings. The van der Waals surface area contributed by atoms with Crippen molar-refractivity contribution in [2.24, 2.45) is 22.7 Å². The second kappa shape index (κ2) is 8.04. The summed E-state index contributed by atoms with van der Waals surface area (Å²) in [7, 11) is -0.169. The van der Waals surface area contributed by atoms with E-state index in [0.717, 1.165) is 37.3 Å². The highest BCUT2D eigenvalue weighted by molar-refractivity contribution is 7.85. The van der Waals surface area contributed by atoms with Crippen molar-refractivity contribution in [1.82, 2.24) is 4.90 Å². The number of nitrogens with zero attached hydrogens (tertiary/aromatic N) is 1. The molecule has 7 rings (SSSR count). The number of rotatable bonds is 3. The molecule has 1 spiro atoms. The lowest BCUT2D eigenvalue weighted by Crippen LogP contribution is -2.64. The number of hydrogen-bond acceptors (Lipinski definition) is 7. The third kappa shape index (κ3) is 3.30. The van der Waals surface area contributed by atoms with Crippen molar-refractivity contribution in [3.05, 3.63) is 35.4 Å². The number of ketones is 1. The van der Waals surface area contributed by atoms with Gasteiger partial charge in [-0.05, 0) is 62.2 Å². The molecule has 0 amide bonds. The molecule has 2 N–H and O–H groups in total. The Labute approximate surface area is 218 Å². The van der Waals surface area contributed by atoms with Gasteiger partial charge in [0.05, 0.1) is 18.3 Å². The fourth-order valence-corrected chi connectivity index (χ4v) is 10.1. The molecule has 7 atom stereocenters. The lowest BCUT2D eigenvalue weighted by Gasteiger charge is -2.56. The smallest absolute Gasteiger partial charge is 0.265 e. The lowest BCUT2D eigenvalue weighted by molar-refractivity contribution is -0.128. The Bertz CT molecular complexity index is 1290. The van der Waals surface area contributed by atoms with Crippen molar-refractivity contribution in [3.63, 3.8) is 0 Å². The molecule has 1 saturated heterocycles. The van der Waals surface area contributed by atoms with Crippen LogP contribution >= 0.6 is 0 Å². The maximum Gasteiger partial charge on any atom is 0.265 e. The molecule has 2 aliphatic heterocycles. The SMILES string of the molecule is CC1(C)C2CCC1(CS(=O)(=O)O)C(=O)C2.COc1ccc2c3c1O[C@H]1[C@@H](O)C=C[C@H]4[C@@H](C2)N(C)CC[C@@]341. The van der Waals surface area contributed by atoms with Crippen LogP contribution in [0.1, 0.15) is 50.7 Å². The minimum absolute atomic E-state index is 0.0152. The van der Waals surface area contributed by atoms with E-state index >= 15 is 0 Å². The van der Waals surface area contributed by atoms with E-state index in [9.17, 15) is 18.3 Å². The van der Waals surface area contributed by atoms with E-state index in [0.29, 0.717) is 24.8 Å². The minimum atomic E-state index is -4.08. The molecule has 4 aliphatic carbocycles. The van der Waals surface area contributed by atoms with E-state index in [1.54, 1.807) is 7.11 Å². The van der Waals surface area contributed by atoms with Crippen molar-refractivity contribution in [1.29, 1.82) is 0 Å². The Morgan fingerprint density at radius 2 is 1.95 bits per heavy atom. The predicted molar refractivity (Wildman–Crippen MR) is 137 cm³/mol. The summed E-state index contributed by atoms with van der Waals surface area (Å²) in [5.41, 5.74) is 1.48. The number of hydrogen-bond donors (Lipinski definition) is 2. The number of aliphatic hydroxyl groups excluding tert-OH is 1. The highest BCUT2D eigenvalue weighted by atomic mass is 32.2. The molecule has 6 aliphatic rings. The molecule has 3 fully saturated rings. The number of carbonyl (C=O) groups is 1. The van der Waals surface area contributed by atoms with Crippen LogP contribution in [0.5, 0.6) is 11.5 Å². The second-order valence-corrected chi connectivity index (χ2v) is 14.0. The third-order valence-electron chi connectivity index (χ3n) is 10.9. The number of carbonyl (C=O) groups excluding carboxylic acids is 1. The standard InChI is InChI=1S/C18H21NO3.C10H16O4S/c1-19-8-7-18-11-4-5-13(20)17(18)22-16-14(21-2)6-3-10(15(16)18)9-12(11)19;1-9(2)7-3-4-10(9,8(11)5-7)6-15(12,13)14/h3-6,11-13,17,20H,7-9H2,1-2H3;7H,3-6H2,1-2H3,(H,12,13,14)/t11-,12+,13-,17-,18-;/m0./s1. The van der Waals surface area contributed by atoms with Gasteiger partial charge in [0.25, 0.3) is 10.1 Å². The Morgan fingerprint density at radius 1 is 1.19 bits per heavy atom. The zero-order valence-electron chi connectivity index (χ0n) is 21.9. The first-order valence-corrected chi connectivity index (χ1v) is 14.9. The summed E-state index contributed by atoms with van der Waals surface area (Å²) in [6, 6.07) is 4.70. The van der Waals surface area contributed by atoms with Gasteiger partial charge in [-0.1, -0.05) is 32.1 Å². The number of likely N-dealkylation sites (N-methyl/N-ethyl adjacent to an activating group) is 1. The summed E-state index contributed by atoms with van der Waals surface area (Å²) < 4.78 is 42.8. The van der Waals surface area contributed by atoms with Gasteiger partial charge < -0.3 is 19.5 Å². The zero-order chi connectivity index (χ0) is 26.5. The van der Waals surface area contributed by atoms with Crippen LogP contribution in [0.3, 0.4) is 0 Å². The van der Waals surface area contributed by atoms with Crippen LogP contribution in [-0.2, 0) is 26.7 Å². The molecule has 2 saturated carbocycles. The van der Waals surface area contributed by atoms with Crippen molar-refractivity contribution >= 4 is 15.9 Å². The van der Waals surface area contributed by atoms with Crippen LogP contribution < -0.4 is 9.47 Å². The number of Topliss-reactive ketones (excluding diaryl/α,β-unsaturated/α-hetero) is 1. The predicted octanol–water partition coefficient (Wildman–Crippen LogP) is 2.77. The normalized spacial score (nSPS) is 40.1. The highest BCUT2D eigenvalue weighted by Gasteiger charge is 2.66. The summed E-state index contributed by atoms with van der Waals surface area (Å²) in [6.07, 6.45) is 7.51. The van der Waals surface area contributed by atoms with Gasteiger partial charge in [0, 0.05) is 29.4 Å². The summed E-state index contributed by atoms with van der Waals surface area (Å²) in [4.78, 5) is 14.3. The molecule has 9 heteroatoms. The van der Waals surface area contributed by atoms with Crippen LogP contribution in [0.25, 0.3) is 0 Å². The third-order valence-corrected chi connectivity index (χ3v) is 11.8. The van der Waals surface area contributed by atoms with Gasteiger partial charge in [-0.3, -0.25) is 9.35 Å². The Morgan fingerprint density at radius 3 is 2.57 bits per heavy atom. The van der Waals surface area contributed by atoms with Crippen molar-refractivity contribution in [2.45, 2.75) is 69.6 Å². The van der Waals surface area contributed by atoms with Crippen LogP contribution in [0.15, 0.2) is 24.3 Å². The summed E-state index contributed by atoms with van der Waals surface area (Å²) in [6.45, 7) is 4.94. The monoisotopic (exact) mass is 531 g/mol. The molecular formula is C28H37NO7S. The van der Waals surface area contributed by atoms with Gasteiger partial charge in [0.1, 0.15) is 18.0 Å². The summed E-state index contributed by atoms with van der Waals surface area (Å²) >= 11 is 0. The van der Waals surface area contributed by atoms with Gasteiger partial charge in [0.15, 0.2) is 11.5 Å². The maximum atomic E-state index is 11.9. The number of benzene rings is 1. The molecule has 4 bridgehead atoms. The van der Waals surface area contributed by atoms with E-state index in [1.807, 2.05) is 26.0 Å². The average molecular weight is 532 g/mol. The number of likely N-dealkylation sites (tertiary alicyclic amines) is 1. The topological polar surface area (TPSA) is 113 Å². The fraction of sp³-hybridized carbons (Fsp3) is 0.679. The van der Waals surface area contributed by atoms with Gasteiger partial charge in [-0.15, -0.1) is 0 Å². The Balaban J connectivity index is 0.000000148. The molecule has 2 heterocycles. The van der Waals surface area contributed by atoms with Gasteiger partial charge in [-0.25, -0.2) is 0 Å². The first-order valence-electron chi connectivity index (χ1n) is 13.3. The van der Waals surface area contributed by atoms with Crippen LogP contribution in [-0.4, -0.2) is 73.5 Å². The van der Waals surface area contributed by atoms with Gasteiger partial charge >= 0.3 is 0 Å². The van der Waals surface area contributed by atoms with E-state index < -0.39 is 27.4 Å². The lowest BCUT2D eigenvalue weighted by atomic mass is 9.53. The first-order chi connectivity index (χ1) is 17.4. The van der Waals surface area contributed by atoms with Gasteiger partial charge in [-0.2, -0.15) is 8.42 Å². The molecule has 0 aromatic heterocycles. The van der Waals surface area contributed by atoms with E-state index in [4.69, 9.17) is 14.0 Å². The van der Waals surface area contributed by atoms with Crippen molar-refractivity contribution in [2.75, 3.05) is 26.5 Å². The molecule has 37 heavy (non-hydrogen) atoms. The molecule has 0 radical (unpaired) electrons. The Kier molecular flexibility index (Phi) is 5.50. The summed E-state index contributed by atoms with van der Waals surface area (Å²) in [5, 5.41) is 10.6. The maximum absolute atomic E-state index is 11.9. The quantitative estimate of drug-likeness (QED) is 0.452. The number of piperidine rings is 1. The molecule has 202 valence electrons. The second-order valence-electron chi connectivity index (χ2n) is 12.5. The van der Waals surface area contributed by atoms with Crippen molar-refractivity contribution < 1.29 is 32.3 Å². The summed E-state index contributed by atoms with van der Waals surface area (Å²) in [5.74, 6) is 1.99. The van der Waals surface area contributed by atoms with Crippen LogP contribution in [0.2, 0.25) is 0 Å². The van der Waals surface area contributed by atoms with Crippen molar-refractivity contribution in [3.8, 4) is 11.5 Å². The minimum Gasteiger partial charge on any atom is -0.493 e. The molecule has 1 aromatic carbocycles.